The van der Waals surface area contributed by atoms with Crippen LogP contribution in [0.2, 0.25) is 0 Å². The van der Waals surface area contributed by atoms with Gasteiger partial charge in [-0.2, -0.15) is 0 Å². The zero-order valence-corrected chi connectivity index (χ0v) is 10.3. The molecule has 11 heavy (non-hydrogen) atoms. The smallest absolute Gasteiger partial charge is 0.159 e. The molecular weight excluding hydrogens is 267 g/mol. The molecule has 1 aromatic rings. The number of hydrogen-bond acceptors (Lipinski definition) is 0. The molecule has 0 spiro atoms. The summed E-state index contributed by atoms with van der Waals surface area (Å²) < 4.78 is 24.6. The number of benzene rings is 1. The minimum absolute atomic E-state index is 0. The summed E-state index contributed by atoms with van der Waals surface area (Å²) in [5, 5.41) is 0.546. The van der Waals surface area contributed by atoms with Crippen molar-refractivity contribution in [1.82, 2.24) is 0 Å². The maximum absolute atomic E-state index is 12.4. The Labute approximate surface area is 84.9 Å². The van der Waals surface area contributed by atoms with Crippen molar-refractivity contribution in [2.75, 3.05) is 0 Å². The third-order valence-corrected chi connectivity index (χ3v) is 1.79. The Morgan fingerprint density at radius 2 is 1.82 bits per heavy atom. The molecule has 56 valence electrons. The van der Waals surface area contributed by atoms with Gasteiger partial charge in [0.1, 0.15) is 0 Å². The van der Waals surface area contributed by atoms with Crippen LogP contribution in [-0.2, 0) is 24.8 Å². The second-order valence-electron chi connectivity index (χ2n) is 1.88. The first-order valence-electron chi connectivity index (χ1n) is 2.74. The van der Waals surface area contributed by atoms with Crippen molar-refractivity contribution in [3.63, 3.8) is 0 Å². The van der Waals surface area contributed by atoms with Gasteiger partial charge in [-0.3, -0.25) is 0 Å². The van der Waals surface area contributed by atoms with Gasteiger partial charge in [0, 0.05) is 24.8 Å². The monoisotopic (exact) mass is 270 g/mol. The molecule has 4 heteroatoms. The molecule has 0 aliphatic carbocycles. The molecule has 0 unspecified atom stereocenters. The van der Waals surface area contributed by atoms with Gasteiger partial charge in [0.15, 0.2) is 11.6 Å². The summed E-state index contributed by atoms with van der Waals surface area (Å²) in [4.78, 5) is 0. The summed E-state index contributed by atoms with van der Waals surface area (Å²) in [6.45, 7) is 0. The Kier molecular flexibility index (Phi) is 5.02. The van der Waals surface area contributed by atoms with Gasteiger partial charge in [-0.15, -0.1) is 0 Å². The Morgan fingerprint density at radius 3 is 2.27 bits per heavy atom. The maximum atomic E-state index is 12.4. The molecule has 0 aliphatic heterocycles. The van der Waals surface area contributed by atoms with Crippen molar-refractivity contribution in [2.45, 2.75) is 5.33 Å². The molecule has 0 amide bonds. The van der Waals surface area contributed by atoms with Gasteiger partial charge in [-0.05, 0) is 17.7 Å². The van der Waals surface area contributed by atoms with Gasteiger partial charge >= 0.3 is 0 Å². The molecule has 0 atom stereocenters. The van der Waals surface area contributed by atoms with E-state index in [-0.39, 0.29) is 19.5 Å². The summed E-state index contributed by atoms with van der Waals surface area (Å²) >= 11 is 3.13. The van der Waals surface area contributed by atoms with Crippen LogP contribution < -0.4 is 0 Å². The molecule has 0 saturated heterocycles. The second kappa shape index (κ2) is 4.94. The van der Waals surface area contributed by atoms with E-state index < -0.39 is 11.6 Å². The van der Waals surface area contributed by atoms with Crippen molar-refractivity contribution in [1.29, 1.82) is 0 Å². The average molecular weight is 272 g/mol. The van der Waals surface area contributed by atoms with E-state index >= 15 is 0 Å². The molecule has 0 aromatic heterocycles. The minimum atomic E-state index is -0.801. The van der Waals surface area contributed by atoms with Crippen LogP contribution >= 0.6 is 15.9 Å². The molecule has 0 radical (unpaired) electrons. The molecule has 1 rings (SSSR count). The summed E-state index contributed by atoms with van der Waals surface area (Å²) in [5.74, 6) is -1.60. The van der Waals surface area contributed by atoms with Gasteiger partial charge in [0.2, 0.25) is 0 Å². The van der Waals surface area contributed by atoms with Crippen molar-refractivity contribution in [2.24, 2.45) is 0 Å². The van der Waals surface area contributed by atoms with Crippen molar-refractivity contribution in [3.05, 3.63) is 35.4 Å². The first-order chi connectivity index (χ1) is 4.74. The predicted molar refractivity (Wildman–Crippen MR) is 39.0 cm³/mol. The van der Waals surface area contributed by atoms with E-state index in [0.717, 1.165) is 11.6 Å². The standard InChI is InChI=1S/C7H5BrF2.Zn/c8-4-5-1-2-6(9)7(10)3-5;/h1-3H,4H2;. The molecule has 0 heterocycles. The molecular formula is C7H5BrF2Zn. The van der Waals surface area contributed by atoms with E-state index in [9.17, 15) is 8.78 Å². The molecule has 0 saturated carbocycles. The Bertz CT molecular complexity index is 240. The average Bonchev–Trinajstić information content (AvgIpc) is 1.95. The number of halogens is 3. The van der Waals surface area contributed by atoms with Crippen LogP contribution in [0, 0.1) is 11.6 Å². The van der Waals surface area contributed by atoms with Crippen LogP contribution in [0.3, 0.4) is 0 Å². The summed E-state index contributed by atoms with van der Waals surface area (Å²) in [6, 6.07) is 3.82. The zero-order chi connectivity index (χ0) is 7.56. The number of rotatable bonds is 1. The molecule has 0 N–H and O–H groups in total. The Balaban J connectivity index is 0.000001000. The molecule has 0 fully saturated rings. The first kappa shape index (κ1) is 11.2. The minimum Gasteiger partial charge on any atom is -0.204 e. The Hall–Kier alpha value is 0.183. The van der Waals surface area contributed by atoms with Crippen LogP contribution in [0.25, 0.3) is 0 Å². The maximum Gasteiger partial charge on any atom is 0.159 e. The van der Waals surface area contributed by atoms with E-state index in [2.05, 4.69) is 15.9 Å². The number of alkyl halides is 1. The van der Waals surface area contributed by atoms with E-state index in [1.807, 2.05) is 0 Å². The Morgan fingerprint density at radius 1 is 1.18 bits per heavy atom. The largest absolute Gasteiger partial charge is 0.204 e. The van der Waals surface area contributed by atoms with Crippen LogP contribution in [0.4, 0.5) is 8.78 Å². The fraction of sp³-hybridized carbons (Fsp3) is 0.143. The van der Waals surface area contributed by atoms with Crippen molar-refractivity contribution >= 4 is 15.9 Å². The van der Waals surface area contributed by atoms with Gasteiger partial charge < -0.3 is 0 Å². The van der Waals surface area contributed by atoms with E-state index in [0.29, 0.717) is 5.33 Å². The van der Waals surface area contributed by atoms with Crippen LogP contribution in [0.5, 0.6) is 0 Å². The van der Waals surface area contributed by atoms with E-state index in [1.54, 1.807) is 0 Å². The molecule has 0 bridgehead atoms. The third-order valence-electron chi connectivity index (χ3n) is 1.14. The van der Waals surface area contributed by atoms with Crippen molar-refractivity contribution < 1.29 is 28.3 Å². The SMILES string of the molecule is Fc1ccc(CBr)cc1F.[Zn]. The van der Waals surface area contributed by atoms with Crippen LogP contribution in [0.1, 0.15) is 5.56 Å². The zero-order valence-electron chi connectivity index (χ0n) is 5.78. The van der Waals surface area contributed by atoms with Gasteiger partial charge in [-0.1, -0.05) is 22.0 Å². The fourth-order valence-corrected chi connectivity index (χ4v) is 0.972. The molecule has 0 aliphatic rings. The van der Waals surface area contributed by atoms with E-state index in [1.165, 1.54) is 12.1 Å². The van der Waals surface area contributed by atoms with Gasteiger partial charge in [-0.25, -0.2) is 8.78 Å². The van der Waals surface area contributed by atoms with Crippen LogP contribution in [0.15, 0.2) is 18.2 Å². The van der Waals surface area contributed by atoms with Crippen LogP contribution in [-0.4, -0.2) is 0 Å². The topological polar surface area (TPSA) is 0 Å². The quantitative estimate of drug-likeness (QED) is 0.545. The molecule has 1 aromatic carbocycles. The fourth-order valence-electron chi connectivity index (χ4n) is 0.623. The first-order valence-corrected chi connectivity index (χ1v) is 3.86. The summed E-state index contributed by atoms with van der Waals surface area (Å²) in [7, 11) is 0. The predicted octanol–water partition coefficient (Wildman–Crippen LogP) is 2.86. The second-order valence-corrected chi connectivity index (χ2v) is 2.44. The van der Waals surface area contributed by atoms with Gasteiger partial charge in [0.05, 0.1) is 0 Å². The summed E-state index contributed by atoms with van der Waals surface area (Å²) in [5.41, 5.74) is 0.735. The third kappa shape index (κ3) is 2.96. The normalized spacial score (nSPS) is 9.00. The number of hydrogen-bond donors (Lipinski definition) is 0. The van der Waals surface area contributed by atoms with Gasteiger partial charge in [0.25, 0.3) is 0 Å². The van der Waals surface area contributed by atoms with Crippen molar-refractivity contribution in [3.8, 4) is 0 Å². The summed E-state index contributed by atoms with van der Waals surface area (Å²) in [6.07, 6.45) is 0. The molecule has 0 nitrogen and oxygen atoms in total. The van der Waals surface area contributed by atoms with E-state index in [4.69, 9.17) is 0 Å².